The second-order valence-electron chi connectivity index (χ2n) is 4.47. The number of nitrogens with two attached hydrogens (primary N) is 1. The monoisotopic (exact) mass is 357 g/mol. The molecule has 2 N–H and O–H groups in total. The molecule has 0 unspecified atom stereocenters. The van der Waals surface area contributed by atoms with Gasteiger partial charge in [-0.05, 0) is 31.2 Å². The van der Waals surface area contributed by atoms with Crippen molar-refractivity contribution in [3.63, 3.8) is 0 Å². The highest BCUT2D eigenvalue weighted by atomic mass is 79.9. The molecule has 0 fully saturated rings. The second kappa shape index (κ2) is 6.57. The Kier molecular flexibility index (Phi) is 5.02. The lowest BCUT2D eigenvalue weighted by molar-refractivity contribution is 0.301. The Morgan fingerprint density at radius 2 is 2.10 bits per heavy atom. The molecule has 2 aromatic rings. The molecule has 0 saturated carbocycles. The van der Waals surface area contributed by atoms with Crippen molar-refractivity contribution in [2.45, 2.75) is 19.6 Å². The molecule has 0 heterocycles. The molecule has 0 aliphatic heterocycles. The lowest BCUT2D eigenvalue weighted by Crippen LogP contribution is -2.08. The molecule has 0 aliphatic carbocycles. The van der Waals surface area contributed by atoms with Crippen molar-refractivity contribution < 1.29 is 9.13 Å². The predicted octanol–water partition coefficient (Wildman–Crippen LogP) is 4.84. The summed E-state index contributed by atoms with van der Waals surface area (Å²) in [5.74, 6) is 0.222. The fourth-order valence-corrected chi connectivity index (χ4v) is 2.38. The Hall–Kier alpha value is -1.10. The van der Waals surface area contributed by atoms with Crippen molar-refractivity contribution in [1.82, 2.24) is 0 Å². The summed E-state index contributed by atoms with van der Waals surface area (Å²) < 4.78 is 20.0. The molecule has 0 saturated heterocycles. The van der Waals surface area contributed by atoms with Crippen LogP contribution in [0.3, 0.4) is 0 Å². The first-order chi connectivity index (χ1) is 9.49. The van der Waals surface area contributed by atoms with E-state index in [-0.39, 0.29) is 17.7 Å². The lowest BCUT2D eigenvalue weighted by Gasteiger charge is -2.15. The van der Waals surface area contributed by atoms with Gasteiger partial charge in [-0.1, -0.05) is 39.7 Å². The Morgan fingerprint density at radius 3 is 2.80 bits per heavy atom. The van der Waals surface area contributed by atoms with Crippen LogP contribution in [0.4, 0.5) is 4.39 Å². The van der Waals surface area contributed by atoms with Gasteiger partial charge in [0.2, 0.25) is 0 Å². The Morgan fingerprint density at radius 1 is 1.35 bits per heavy atom. The third-order valence-corrected chi connectivity index (χ3v) is 3.79. The van der Waals surface area contributed by atoms with Crippen LogP contribution in [0, 0.1) is 5.82 Å². The first kappa shape index (κ1) is 15.3. The van der Waals surface area contributed by atoms with Gasteiger partial charge >= 0.3 is 0 Å². The molecule has 0 amide bonds. The topological polar surface area (TPSA) is 35.2 Å². The van der Waals surface area contributed by atoms with Crippen molar-refractivity contribution in [3.8, 4) is 5.75 Å². The van der Waals surface area contributed by atoms with Crippen LogP contribution in [0.1, 0.15) is 24.1 Å². The number of hydrogen-bond donors (Lipinski definition) is 1. The molecule has 2 nitrogen and oxygen atoms in total. The van der Waals surface area contributed by atoms with Gasteiger partial charge in [0.05, 0.1) is 5.02 Å². The minimum absolute atomic E-state index is 0.0898. The van der Waals surface area contributed by atoms with E-state index in [2.05, 4.69) is 15.9 Å². The summed E-state index contributed by atoms with van der Waals surface area (Å²) in [6.07, 6.45) is 0. The SMILES string of the molecule is C[C@@H](N)c1cc(Br)ccc1OCc1cccc(F)c1Cl. The normalized spacial score (nSPS) is 12.2. The maximum atomic E-state index is 13.4. The molecule has 0 radical (unpaired) electrons. The summed E-state index contributed by atoms with van der Waals surface area (Å²) in [7, 11) is 0. The molecule has 2 aromatic carbocycles. The minimum Gasteiger partial charge on any atom is -0.489 e. The first-order valence-electron chi connectivity index (χ1n) is 6.09. The van der Waals surface area contributed by atoms with Gasteiger partial charge in [-0.25, -0.2) is 4.39 Å². The van der Waals surface area contributed by atoms with Gasteiger partial charge in [-0.15, -0.1) is 0 Å². The van der Waals surface area contributed by atoms with Crippen LogP contribution in [0.2, 0.25) is 5.02 Å². The zero-order valence-electron chi connectivity index (χ0n) is 10.9. The smallest absolute Gasteiger partial charge is 0.142 e. The largest absolute Gasteiger partial charge is 0.489 e. The van der Waals surface area contributed by atoms with E-state index in [1.54, 1.807) is 12.1 Å². The van der Waals surface area contributed by atoms with Gasteiger partial charge in [-0.2, -0.15) is 0 Å². The van der Waals surface area contributed by atoms with E-state index in [0.29, 0.717) is 11.3 Å². The van der Waals surface area contributed by atoms with Gasteiger partial charge in [-0.3, -0.25) is 0 Å². The molecule has 106 valence electrons. The van der Waals surface area contributed by atoms with E-state index in [1.807, 2.05) is 25.1 Å². The highest BCUT2D eigenvalue weighted by molar-refractivity contribution is 9.10. The molecular weight excluding hydrogens is 345 g/mol. The molecule has 0 aliphatic rings. The van der Waals surface area contributed by atoms with E-state index in [0.717, 1.165) is 10.0 Å². The van der Waals surface area contributed by atoms with Gasteiger partial charge in [0, 0.05) is 21.6 Å². The fraction of sp³-hybridized carbons (Fsp3) is 0.200. The molecule has 1 atom stereocenters. The number of ether oxygens (including phenoxy) is 1. The molecule has 0 aromatic heterocycles. The van der Waals surface area contributed by atoms with Crippen molar-refractivity contribution >= 4 is 27.5 Å². The number of benzene rings is 2. The van der Waals surface area contributed by atoms with Gasteiger partial charge in [0.15, 0.2) is 0 Å². The van der Waals surface area contributed by atoms with Crippen molar-refractivity contribution in [1.29, 1.82) is 0 Å². The summed E-state index contributed by atoms with van der Waals surface area (Å²) in [5.41, 5.74) is 7.40. The van der Waals surface area contributed by atoms with Crippen LogP contribution in [0.15, 0.2) is 40.9 Å². The number of rotatable bonds is 4. The fourth-order valence-electron chi connectivity index (χ4n) is 1.82. The highest BCUT2D eigenvalue weighted by Crippen LogP contribution is 2.29. The molecular formula is C15H14BrClFNO. The minimum atomic E-state index is -0.448. The van der Waals surface area contributed by atoms with Gasteiger partial charge in [0.1, 0.15) is 18.2 Å². The van der Waals surface area contributed by atoms with Crippen LogP contribution in [0.5, 0.6) is 5.75 Å². The Balaban J connectivity index is 2.21. The summed E-state index contributed by atoms with van der Waals surface area (Å²) in [6.45, 7) is 2.07. The lowest BCUT2D eigenvalue weighted by atomic mass is 10.1. The maximum Gasteiger partial charge on any atom is 0.142 e. The molecule has 0 spiro atoms. The van der Waals surface area contributed by atoms with Crippen LogP contribution in [-0.2, 0) is 6.61 Å². The molecule has 5 heteroatoms. The van der Waals surface area contributed by atoms with Crippen molar-refractivity contribution in [2.75, 3.05) is 0 Å². The Labute approximate surface area is 130 Å². The number of hydrogen-bond acceptors (Lipinski definition) is 2. The maximum absolute atomic E-state index is 13.4. The average Bonchev–Trinajstić information content (AvgIpc) is 2.41. The first-order valence-corrected chi connectivity index (χ1v) is 7.27. The summed E-state index contributed by atoms with van der Waals surface area (Å²) in [6, 6.07) is 10.1. The Bertz CT molecular complexity index is 619. The van der Waals surface area contributed by atoms with Crippen molar-refractivity contribution in [3.05, 3.63) is 62.8 Å². The van der Waals surface area contributed by atoms with E-state index < -0.39 is 5.82 Å². The average molecular weight is 359 g/mol. The van der Waals surface area contributed by atoms with E-state index in [1.165, 1.54) is 6.07 Å². The number of halogens is 3. The third-order valence-electron chi connectivity index (χ3n) is 2.88. The summed E-state index contributed by atoms with van der Waals surface area (Å²) in [4.78, 5) is 0. The second-order valence-corrected chi connectivity index (χ2v) is 5.77. The van der Waals surface area contributed by atoms with E-state index >= 15 is 0 Å². The quantitative estimate of drug-likeness (QED) is 0.848. The van der Waals surface area contributed by atoms with Crippen LogP contribution in [0.25, 0.3) is 0 Å². The predicted molar refractivity (Wildman–Crippen MR) is 82.5 cm³/mol. The standard InChI is InChI=1S/C15H14BrClFNO/c1-9(19)12-7-11(16)5-6-14(12)20-8-10-3-2-4-13(18)15(10)17/h2-7,9H,8,19H2,1H3/t9-/m1/s1. The summed E-state index contributed by atoms with van der Waals surface area (Å²) in [5, 5.41) is 0.0898. The zero-order chi connectivity index (χ0) is 14.7. The van der Waals surface area contributed by atoms with Crippen LogP contribution >= 0.6 is 27.5 Å². The van der Waals surface area contributed by atoms with Gasteiger partial charge < -0.3 is 10.5 Å². The molecule has 20 heavy (non-hydrogen) atoms. The van der Waals surface area contributed by atoms with Crippen LogP contribution < -0.4 is 10.5 Å². The van der Waals surface area contributed by atoms with E-state index in [4.69, 9.17) is 22.1 Å². The summed E-state index contributed by atoms with van der Waals surface area (Å²) >= 11 is 9.30. The van der Waals surface area contributed by atoms with E-state index in [9.17, 15) is 4.39 Å². The molecule has 2 rings (SSSR count). The third kappa shape index (κ3) is 3.51. The molecule has 0 bridgehead atoms. The van der Waals surface area contributed by atoms with Crippen molar-refractivity contribution in [2.24, 2.45) is 5.73 Å². The highest BCUT2D eigenvalue weighted by Gasteiger charge is 2.11. The zero-order valence-corrected chi connectivity index (χ0v) is 13.2. The van der Waals surface area contributed by atoms with Gasteiger partial charge in [0.25, 0.3) is 0 Å². The van der Waals surface area contributed by atoms with Crippen LogP contribution in [-0.4, -0.2) is 0 Å².